The number of rotatable bonds is 6. The van der Waals surface area contributed by atoms with Crippen LogP contribution in [0.5, 0.6) is 0 Å². The summed E-state index contributed by atoms with van der Waals surface area (Å²) in [5, 5.41) is 0.764. The molecular formula is C22H26N4O4S. The lowest BCUT2D eigenvalue weighted by molar-refractivity contribution is 0.0847. The van der Waals surface area contributed by atoms with Crippen molar-refractivity contribution in [2.24, 2.45) is 7.05 Å². The molecule has 2 amide bonds. The van der Waals surface area contributed by atoms with E-state index in [2.05, 4.69) is 10.9 Å². The summed E-state index contributed by atoms with van der Waals surface area (Å²) in [4.78, 5) is 25.4. The molecule has 3 aromatic rings. The van der Waals surface area contributed by atoms with Gasteiger partial charge in [-0.15, -0.1) is 0 Å². The first-order chi connectivity index (χ1) is 14.7. The molecule has 0 bridgehead atoms. The summed E-state index contributed by atoms with van der Waals surface area (Å²) in [6.07, 6.45) is 1.69. The number of fused-ring (bicyclic) bond motifs is 1. The second-order valence-electron chi connectivity index (χ2n) is 7.15. The number of hydrogen-bond acceptors (Lipinski definition) is 4. The van der Waals surface area contributed by atoms with Crippen molar-refractivity contribution in [2.45, 2.75) is 25.7 Å². The molecular weight excluding hydrogens is 416 g/mol. The topological polar surface area (TPSA) is 101 Å². The Morgan fingerprint density at radius 2 is 1.58 bits per heavy atom. The van der Waals surface area contributed by atoms with Crippen molar-refractivity contribution in [3.8, 4) is 0 Å². The van der Waals surface area contributed by atoms with Gasteiger partial charge < -0.3 is 4.57 Å². The van der Waals surface area contributed by atoms with E-state index in [4.69, 9.17) is 0 Å². The van der Waals surface area contributed by atoms with E-state index >= 15 is 0 Å². The van der Waals surface area contributed by atoms with Crippen LogP contribution in [-0.2, 0) is 17.1 Å². The van der Waals surface area contributed by atoms with Gasteiger partial charge in [-0.1, -0.05) is 38.1 Å². The zero-order valence-electron chi connectivity index (χ0n) is 18.0. The number of nitrogens with one attached hydrogen (secondary N) is 2. The van der Waals surface area contributed by atoms with Gasteiger partial charge in [0, 0.05) is 42.8 Å². The van der Waals surface area contributed by atoms with Crippen LogP contribution in [0.1, 0.15) is 40.1 Å². The number of nitrogens with zero attached hydrogens (tertiary/aromatic N) is 2. The van der Waals surface area contributed by atoms with Gasteiger partial charge in [0.2, 0.25) is 10.0 Å². The third-order valence-electron chi connectivity index (χ3n) is 5.23. The van der Waals surface area contributed by atoms with Gasteiger partial charge in [0.05, 0.1) is 10.5 Å². The lowest BCUT2D eigenvalue weighted by atomic mass is 10.1. The van der Waals surface area contributed by atoms with Gasteiger partial charge in [-0.25, -0.2) is 8.42 Å². The van der Waals surface area contributed by atoms with Crippen LogP contribution in [0.15, 0.2) is 53.6 Å². The minimum absolute atomic E-state index is 0.0346. The van der Waals surface area contributed by atoms with Gasteiger partial charge >= 0.3 is 0 Å². The van der Waals surface area contributed by atoms with Crippen LogP contribution in [0.3, 0.4) is 0 Å². The number of hydrogen-bond donors (Lipinski definition) is 2. The van der Waals surface area contributed by atoms with E-state index in [1.54, 1.807) is 33.0 Å². The molecule has 0 aliphatic rings. The van der Waals surface area contributed by atoms with Gasteiger partial charge in [0.1, 0.15) is 0 Å². The van der Waals surface area contributed by atoms with Gasteiger partial charge in [0.25, 0.3) is 11.8 Å². The lowest BCUT2D eigenvalue weighted by Gasteiger charge is -2.19. The van der Waals surface area contributed by atoms with Gasteiger partial charge in [-0.2, -0.15) is 4.31 Å². The summed E-state index contributed by atoms with van der Waals surface area (Å²) in [5.74, 6) is -1.06. The Balaban J connectivity index is 1.81. The highest BCUT2D eigenvalue weighted by Gasteiger charge is 2.24. The molecule has 0 saturated carbocycles. The van der Waals surface area contributed by atoms with E-state index in [1.165, 1.54) is 16.4 Å². The van der Waals surface area contributed by atoms with E-state index < -0.39 is 21.8 Å². The Morgan fingerprint density at radius 3 is 2.23 bits per heavy atom. The molecule has 31 heavy (non-hydrogen) atoms. The Kier molecular flexibility index (Phi) is 6.47. The lowest BCUT2D eigenvalue weighted by Crippen LogP contribution is -2.42. The summed E-state index contributed by atoms with van der Waals surface area (Å²) in [6, 6.07) is 11.8. The standard InChI is InChI=1S/C22H26N4O4S/c1-5-26(6-2)31(29,30)16-12-11-15(3)18(13-16)21(27)23-24-22(28)19-14-25(4)20-10-8-7-9-17(19)20/h7-14H,5-6H2,1-4H3,(H,23,27)(H,24,28). The maximum absolute atomic E-state index is 12.8. The highest BCUT2D eigenvalue weighted by Crippen LogP contribution is 2.21. The average Bonchev–Trinajstić information content (AvgIpc) is 3.09. The molecule has 0 aliphatic heterocycles. The molecule has 1 aromatic heterocycles. The van der Waals surface area contributed by atoms with Crippen molar-refractivity contribution < 1.29 is 18.0 Å². The quantitative estimate of drug-likeness (QED) is 0.573. The molecule has 0 fully saturated rings. The summed E-state index contributed by atoms with van der Waals surface area (Å²) in [7, 11) is -1.87. The summed E-state index contributed by atoms with van der Waals surface area (Å²) in [5.41, 5.74) is 6.90. The predicted molar refractivity (Wildman–Crippen MR) is 119 cm³/mol. The van der Waals surface area contributed by atoms with Crippen molar-refractivity contribution in [1.29, 1.82) is 0 Å². The normalized spacial score (nSPS) is 11.6. The van der Waals surface area contributed by atoms with E-state index in [-0.39, 0.29) is 10.5 Å². The summed E-state index contributed by atoms with van der Waals surface area (Å²) in [6.45, 7) is 5.87. The Morgan fingerprint density at radius 1 is 0.968 bits per heavy atom. The van der Waals surface area contributed by atoms with E-state index in [9.17, 15) is 18.0 Å². The smallest absolute Gasteiger partial charge is 0.271 e. The molecule has 2 N–H and O–H groups in total. The molecule has 9 heteroatoms. The number of benzene rings is 2. The van der Waals surface area contributed by atoms with Gasteiger partial charge in [-0.3, -0.25) is 20.4 Å². The van der Waals surface area contributed by atoms with E-state index in [0.717, 1.165) is 10.9 Å². The van der Waals surface area contributed by atoms with Crippen LogP contribution in [0.2, 0.25) is 0 Å². The molecule has 8 nitrogen and oxygen atoms in total. The fourth-order valence-electron chi connectivity index (χ4n) is 3.49. The Bertz CT molecular complexity index is 1240. The first-order valence-corrected chi connectivity index (χ1v) is 11.4. The van der Waals surface area contributed by atoms with E-state index in [0.29, 0.717) is 24.2 Å². The van der Waals surface area contributed by atoms with Gasteiger partial charge in [-0.05, 0) is 30.7 Å². The van der Waals surface area contributed by atoms with Crippen LogP contribution in [-0.4, -0.2) is 42.2 Å². The molecule has 164 valence electrons. The van der Waals surface area contributed by atoms with Crippen molar-refractivity contribution in [3.05, 3.63) is 65.4 Å². The third-order valence-corrected chi connectivity index (χ3v) is 7.27. The average molecular weight is 443 g/mol. The number of amides is 2. The Labute approximate surface area is 181 Å². The second kappa shape index (κ2) is 8.91. The molecule has 0 spiro atoms. The highest BCUT2D eigenvalue weighted by molar-refractivity contribution is 7.89. The fraction of sp³-hybridized carbons (Fsp3) is 0.273. The van der Waals surface area contributed by atoms with Crippen molar-refractivity contribution >= 4 is 32.7 Å². The monoisotopic (exact) mass is 442 g/mol. The zero-order valence-corrected chi connectivity index (χ0v) is 18.8. The molecule has 2 aromatic carbocycles. The van der Waals surface area contributed by atoms with Crippen molar-refractivity contribution in [1.82, 2.24) is 19.7 Å². The van der Waals surface area contributed by atoms with Crippen LogP contribution >= 0.6 is 0 Å². The first kappa shape index (κ1) is 22.5. The number of aromatic nitrogens is 1. The second-order valence-corrected chi connectivity index (χ2v) is 9.08. The third kappa shape index (κ3) is 4.33. The summed E-state index contributed by atoms with van der Waals surface area (Å²) < 4.78 is 28.7. The van der Waals surface area contributed by atoms with Crippen LogP contribution in [0, 0.1) is 6.92 Å². The maximum atomic E-state index is 12.8. The number of para-hydroxylation sites is 1. The van der Waals surface area contributed by atoms with E-state index in [1.807, 2.05) is 35.9 Å². The predicted octanol–water partition coefficient (Wildman–Crippen LogP) is 2.59. The van der Waals surface area contributed by atoms with Gasteiger partial charge in [0.15, 0.2) is 0 Å². The highest BCUT2D eigenvalue weighted by atomic mass is 32.2. The van der Waals surface area contributed by atoms with Crippen LogP contribution < -0.4 is 10.9 Å². The largest absolute Gasteiger partial charge is 0.350 e. The molecule has 3 rings (SSSR count). The number of hydrazine groups is 1. The van der Waals surface area contributed by atoms with Crippen molar-refractivity contribution in [2.75, 3.05) is 13.1 Å². The number of sulfonamides is 1. The number of carbonyl (C=O) groups excluding carboxylic acids is 2. The number of aryl methyl sites for hydroxylation is 2. The molecule has 0 saturated heterocycles. The zero-order chi connectivity index (χ0) is 22.8. The molecule has 0 atom stereocenters. The molecule has 0 unspecified atom stereocenters. The Hall–Kier alpha value is -3.17. The first-order valence-electron chi connectivity index (χ1n) is 9.96. The molecule has 0 radical (unpaired) electrons. The fourth-order valence-corrected chi connectivity index (χ4v) is 4.97. The maximum Gasteiger partial charge on any atom is 0.271 e. The minimum Gasteiger partial charge on any atom is -0.350 e. The SMILES string of the molecule is CCN(CC)S(=O)(=O)c1ccc(C)c(C(=O)NNC(=O)c2cn(C)c3ccccc23)c1. The van der Waals surface area contributed by atoms with Crippen LogP contribution in [0.25, 0.3) is 10.9 Å². The minimum atomic E-state index is -3.71. The van der Waals surface area contributed by atoms with Crippen molar-refractivity contribution in [3.63, 3.8) is 0 Å². The molecule has 0 aliphatic carbocycles. The molecule has 1 heterocycles. The van der Waals surface area contributed by atoms with Crippen LogP contribution in [0.4, 0.5) is 0 Å². The summed E-state index contributed by atoms with van der Waals surface area (Å²) >= 11 is 0. The number of carbonyl (C=O) groups is 2.